The monoisotopic (exact) mass is 350 g/mol. The zero-order valence-corrected chi connectivity index (χ0v) is 15.3. The second-order valence-electron chi connectivity index (χ2n) is 6.25. The average Bonchev–Trinajstić information content (AvgIpc) is 2.52. The van der Waals surface area contributed by atoms with E-state index in [0.29, 0.717) is 11.5 Å². The molecule has 0 radical (unpaired) electrons. The summed E-state index contributed by atoms with van der Waals surface area (Å²) < 4.78 is 26.1. The summed E-state index contributed by atoms with van der Waals surface area (Å²) in [7, 11) is -3.63. The predicted octanol–water partition coefficient (Wildman–Crippen LogP) is 2.54. The maximum Gasteiger partial charge on any atom is 0.251 e. The molecule has 5 nitrogen and oxygen atoms in total. The lowest BCUT2D eigenvalue weighted by Gasteiger charge is -2.14. The van der Waals surface area contributed by atoms with Gasteiger partial charge in [-0.25, -0.2) is 8.42 Å². The molecule has 1 rings (SSSR count). The van der Waals surface area contributed by atoms with Crippen LogP contribution in [0.25, 0.3) is 0 Å². The average molecular weight is 350 g/mol. The molecule has 0 aromatic heterocycles. The SMILES string of the molecule is C#CCNS(=O)(=O)c1ccc(C(=O)NC(C)CCCC(C)C)cc1. The van der Waals surface area contributed by atoms with E-state index in [9.17, 15) is 13.2 Å². The van der Waals surface area contributed by atoms with Gasteiger partial charge in [-0.2, -0.15) is 4.72 Å². The van der Waals surface area contributed by atoms with E-state index >= 15 is 0 Å². The van der Waals surface area contributed by atoms with Gasteiger partial charge in [0.25, 0.3) is 5.91 Å². The summed E-state index contributed by atoms with van der Waals surface area (Å²) in [6.07, 6.45) is 8.17. The van der Waals surface area contributed by atoms with Gasteiger partial charge < -0.3 is 5.32 Å². The smallest absolute Gasteiger partial charge is 0.251 e. The summed E-state index contributed by atoms with van der Waals surface area (Å²) in [5.41, 5.74) is 0.432. The molecule has 1 atom stereocenters. The van der Waals surface area contributed by atoms with Crippen molar-refractivity contribution in [3.05, 3.63) is 29.8 Å². The van der Waals surface area contributed by atoms with E-state index in [1.807, 2.05) is 6.92 Å². The molecule has 1 aromatic carbocycles. The molecule has 0 heterocycles. The number of rotatable bonds is 9. The van der Waals surface area contributed by atoms with Gasteiger partial charge in [0, 0.05) is 11.6 Å². The van der Waals surface area contributed by atoms with Gasteiger partial charge in [0.2, 0.25) is 10.0 Å². The fourth-order valence-corrected chi connectivity index (χ4v) is 3.15. The highest BCUT2D eigenvalue weighted by Crippen LogP contribution is 2.12. The molecule has 1 unspecified atom stereocenters. The van der Waals surface area contributed by atoms with Crippen LogP contribution in [-0.2, 0) is 10.0 Å². The van der Waals surface area contributed by atoms with Gasteiger partial charge in [-0.05, 0) is 43.5 Å². The van der Waals surface area contributed by atoms with E-state index in [-0.39, 0.29) is 23.4 Å². The Morgan fingerprint density at radius 1 is 1.17 bits per heavy atom. The molecule has 24 heavy (non-hydrogen) atoms. The van der Waals surface area contributed by atoms with E-state index in [1.165, 1.54) is 24.3 Å². The Morgan fingerprint density at radius 3 is 2.33 bits per heavy atom. The molecule has 2 N–H and O–H groups in total. The number of nitrogens with one attached hydrogen (secondary N) is 2. The van der Waals surface area contributed by atoms with Crippen molar-refractivity contribution in [1.29, 1.82) is 0 Å². The lowest BCUT2D eigenvalue weighted by Crippen LogP contribution is -2.32. The summed E-state index contributed by atoms with van der Waals surface area (Å²) >= 11 is 0. The maximum atomic E-state index is 12.2. The van der Waals surface area contributed by atoms with Crippen LogP contribution in [-0.4, -0.2) is 26.9 Å². The predicted molar refractivity (Wildman–Crippen MR) is 96.1 cm³/mol. The third kappa shape index (κ3) is 6.73. The highest BCUT2D eigenvalue weighted by atomic mass is 32.2. The lowest BCUT2D eigenvalue weighted by atomic mass is 10.0. The first-order valence-corrected chi connectivity index (χ1v) is 9.58. The molecule has 0 fully saturated rings. The largest absolute Gasteiger partial charge is 0.350 e. The van der Waals surface area contributed by atoms with Crippen molar-refractivity contribution in [1.82, 2.24) is 10.0 Å². The molecule has 132 valence electrons. The van der Waals surface area contributed by atoms with Crippen LogP contribution in [0.15, 0.2) is 29.2 Å². The van der Waals surface area contributed by atoms with Crippen molar-refractivity contribution in [3.8, 4) is 12.3 Å². The quantitative estimate of drug-likeness (QED) is 0.672. The van der Waals surface area contributed by atoms with Crippen molar-refractivity contribution >= 4 is 15.9 Å². The molecule has 0 bridgehead atoms. The number of amides is 1. The third-order valence-corrected chi connectivity index (χ3v) is 5.00. The molecule has 6 heteroatoms. The summed E-state index contributed by atoms with van der Waals surface area (Å²) in [5, 5.41) is 2.93. The Hall–Kier alpha value is -1.84. The summed E-state index contributed by atoms with van der Waals surface area (Å²) in [5.74, 6) is 2.67. The van der Waals surface area contributed by atoms with Crippen LogP contribution < -0.4 is 10.0 Å². The fraction of sp³-hybridized carbons (Fsp3) is 0.500. The Bertz CT molecular complexity index is 673. The van der Waals surface area contributed by atoms with Gasteiger partial charge >= 0.3 is 0 Å². The van der Waals surface area contributed by atoms with Crippen LogP contribution in [0.5, 0.6) is 0 Å². The standard InChI is InChI=1S/C18H26N2O3S/c1-5-13-19-24(22,23)17-11-9-16(10-12-17)18(21)20-15(4)8-6-7-14(2)3/h1,9-12,14-15,19H,6-8,13H2,2-4H3,(H,20,21). The van der Waals surface area contributed by atoms with Gasteiger partial charge in [-0.1, -0.05) is 32.6 Å². The van der Waals surface area contributed by atoms with E-state index in [2.05, 4.69) is 29.8 Å². The van der Waals surface area contributed by atoms with E-state index < -0.39 is 10.0 Å². The zero-order chi connectivity index (χ0) is 18.2. The summed E-state index contributed by atoms with van der Waals surface area (Å²) in [4.78, 5) is 12.3. The number of carbonyl (C=O) groups excluding carboxylic acids is 1. The summed E-state index contributed by atoms with van der Waals surface area (Å²) in [6, 6.07) is 5.88. The van der Waals surface area contributed by atoms with Crippen LogP contribution in [0, 0.1) is 18.3 Å². The van der Waals surface area contributed by atoms with Crippen LogP contribution in [0.1, 0.15) is 50.4 Å². The maximum absolute atomic E-state index is 12.2. The topological polar surface area (TPSA) is 75.3 Å². The van der Waals surface area contributed by atoms with Crippen LogP contribution >= 0.6 is 0 Å². The highest BCUT2D eigenvalue weighted by Gasteiger charge is 2.15. The minimum absolute atomic E-state index is 0.0710. The number of benzene rings is 1. The molecule has 1 aromatic rings. The molecule has 0 saturated heterocycles. The number of hydrogen-bond donors (Lipinski definition) is 2. The molecule has 1 amide bonds. The molecule has 0 saturated carbocycles. The van der Waals surface area contributed by atoms with Crippen molar-refractivity contribution in [2.24, 2.45) is 5.92 Å². The van der Waals surface area contributed by atoms with Crippen molar-refractivity contribution in [2.75, 3.05) is 6.54 Å². The van der Waals surface area contributed by atoms with Gasteiger partial charge in [0.05, 0.1) is 11.4 Å². The zero-order valence-electron chi connectivity index (χ0n) is 14.5. The molecule has 0 aliphatic rings. The van der Waals surface area contributed by atoms with Crippen molar-refractivity contribution < 1.29 is 13.2 Å². The van der Waals surface area contributed by atoms with Gasteiger partial charge in [-0.3, -0.25) is 4.79 Å². The first-order chi connectivity index (χ1) is 11.3. The van der Waals surface area contributed by atoms with Crippen molar-refractivity contribution in [2.45, 2.75) is 51.0 Å². The molecule has 0 spiro atoms. The second-order valence-corrected chi connectivity index (χ2v) is 8.02. The minimum Gasteiger partial charge on any atom is -0.350 e. The Balaban J connectivity index is 2.62. The normalized spacial score (nSPS) is 12.6. The molecule has 0 aliphatic heterocycles. The van der Waals surface area contributed by atoms with Crippen LogP contribution in [0.2, 0.25) is 0 Å². The van der Waals surface area contributed by atoms with Gasteiger partial charge in [0.15, 0.2) is 0 Å². The van der Waals surface area contributed by atoms with Gasteiger partial charge in [0.1, 0.15) is 0 Å². The number of carbonyl (C=O) groups is 1. The number of hydrogen-bond acceptors (Lipinski definition) is 3. The Kier molecular flexibility index (Phi) is 7.96. The second kappa shape index (κ2) is 9.45. The highest BCUT2D eigenvalue weighted by molar-refractivity contribution is 7.89. The first-order valence-electron chi connectivity index (χ1n) is 8.10. The third-order valence-electron chi connectivity index (χ3n) is 3.59. The van der Waals surface area contributed by atoms with Gasteiger partial charge in [-0.15, -0.1) is 6.42 Å². The lowest BCUT2D eigenvalue weighted by molar-refractivity contribution is 0.0937. The number of sulfonamides is 1. The fourth-order valence-electron chi connectivity index (χ4n) is 2.22. The van der Waals surface area contributed by atoms with E-state index in [4.69, 9.17) is 6.42 Å². The Morgan fingerprint density at radius 2 is 1.79 bits per heavy atom. The van der Waals surface area contributed by atoms with E-state index in [1.54, 1.807) is 0 Å². The van der Waals surface area contributed by atoms with Crippen LogP contribution in [0.3, 0.4) is 0 Å². The van der Waals surface area contributed by atoms with E-state index in [0.717, 1.165) is 19.3 Å². The number of terminal acetylenes is 1. The molecular formula is C18H26N2O3S. The van der Waals surface area contributed by atoms with Crippen LogP contribution in [0.4, 0.5) is 0 Å². The molecular weight excluding hydrogens is 324 g/mol. The summed E-state index contributed by atoms with van der Waals surface area (Å²) in [6.45, 7) is 6.26. The first kappa shape index (κ1) is 20.2. The Labute approximate surface area is 145 Å². The minimum atomic E-state index is -3.63. The van der Waals surface area contributed by atoms with Crippen molar-refractivity contribution in [3.63, 3.8) is 0 Å². The molecule has 0 aliphatic carbocycles.